The van der Waals surface area contributed by atoms with Gasteiger partial charge in [-0.1, -0.05) is 0 Å². The van der Waals surface area contributed by atoms with Crippen LogP contribution < -0.4 is 0 Å². The second-order valence-corrected chi connectivity index (χ2v) is 11.9. The lowest BCUT2D eigenvalue weighted by atomic mass is 10.5. The van der Waals surface area contributed by atoms with Crippen molar-refractivity contribution in [2.24, 2.45) is 0 Å². The lowest BCUT2D eigenvalue weighted by Crippen LogP contribution is -2.57. The molecule has 102 valence electrons. The standard InChI is InChI=1S/C10H25NO4Si2/c1-12-16(3,4)15-17(5,13-2)10-11-6-8-14-9-7-11/h6-10H2,1-5H3. The third kappa shape index (κ3) is 5.17. The third-order valence-electron chi connectivity index (χ3n) is 3.00. The highest BCUT2D eigenvalue weighted by Crippen LogP contribution is 2.17. The number of hydrogen-bond acceptors (Lipinski definition) is 5. The van der Waals surface area contributed by atoms with E-state index in [1.165, 1.54) is 0 Å². The van der Waals surface area contributed by atoms with Crippen LogP contribution in [0.5, 0.6) is 0 Å². The average molecular weight is 279 g/mol. The molecule has 17 heavy (non-hydrogen) atoms. The number of hydrogen-bond donors (Lipinski definition) is 0. The quantitative estimate of drug-likeness (QED) is 0.677. The van der Waals surface area contributed by atoms with Crippen LogP contribution in [0.2, 0.25) is 19.6 Å². The third-order valence-corrected chi connectivity index (χ3v) is 9.56. The molecule has 0 N–H and O–H groups in total. The predicted molar refractivity (Wildman–Crippen MR) is 71.5 cm³/mol. The summed E-state index contributed by atoms with van der Waals surface area (Å²) in [5.74, 6) is 0. The molecule has 1 atom stereocenters. The Morgan fingerprint density at radius 1 is 1.06 bits per heavy atom. The summed E-state index contributed by atoms with van der Waals surface area (Å²) in [6, 6.07) is 0. The normalized spacial score (nSPS) is 22.4. The molecule has 0 aliphatic carbocycles. The van der Waals surface area contributed by atoms with Crippen LogP contribution in [0.25, 0.3) is 0 Å². The number of ether oxygens (including phenoxy) is 1. The van der Waals surface area contributed by atoms with E-state index in [0.29, 0.717) is 0 Å². The lowest BCUT2D eigenvalue weighted by Gasteiger charge is -2.37. The minimum absolute atomic E-state index is 0.805. The number of rotatable bonds is 6. The highest BCUT2D eigenvalue weighted by molar-refractivity contribution is 6.79. The predicted octanol–water partition coefficient (Wildman–Crippen LogP) is 0.941. The zero-order chi connectivity index (χ0) is 12.9. The van der Waals surface area contributed by atoms with Crippen molar-refractivity contribution in [1.29, 1.82) is 0 Å². The minimum atomic E-state index is -2.16. The average Bonchev–Trinajstić information content (AvgIpc) is 2.29. The second-order valence-electron chi connectivity index (χ2n) is 4.93. The monoisotopic (exact) mass is 279 g/mol. The highest BCUT2D eigenvalue weighted by atomic mass is 28.5. The van der Waals surface area contributed by atoms with Gasteiger partial charge in [0.15, 0.2) is 0 Å². The second kappa shape index (κ2) is 6.41. The van der Waals surface area contributed by atoms with Crippen LogP contribution in [0.3, 0.4) is 0 Å². The fourth-order valence-electron chi connectivity index (χ4n) is 1.87. The van der Waals surface area contributed by atoms with E-state index in [1.807, 2.05) is 0 Å². The van der Waals surface area contributed by atoms with Crippen molar-refractivity contribution < 1.29 is 17.7 Å². The van der Waals surface area contributed by atoms with Gasteiger partial charge in [-0.05, 0) is 19.6 Å². The van der Waals surface area contributed by atoms with E-state index in [0.717, 1.165) is 32.5 Å². The van der Waals surface area contributed by atoms with E-state index in [-0.39, 0.29) is 0 Å². The van der Waals surface area contributed by atoms with Crippen molar-refractivity contribution in [2.45, 2.75) is 19.6 Å². The summed E-state index contributed by atoms with van der Waals surface area (Å²) in [6.45, 7) is 9.75. The Balaban J connectivity index is 2.54. The van der Waals surface area contributed by atoms with Gasteiger partial charge in [-0.25, -0.2) is 0 Å². The molecule has 0 radical (unpaired) electrons. The Morgan fingerprint density at radius 2 is 1.65 bits per heavy atom. The zero-order valence-corrected chi connectivity index (χ0v) is 13.6. The smallest absolute Gasteiger partial charge is 0.340 e. The van der Waals surface area contributed by atoms with Gasteiger partial charge in [-0.3, -0.25) is 4.90 Å². The van der Waals surface area contributed by atoms with Gasteiger partial charge in [0.05, 0.1) is 13.2 Å². The molecule has 5 nitrogen and oxygen atoms in total. The van der Waals surface area contributed by atoms with Crippen LogP contribution in [0.4, 0.5) is 0 Å². The summed E-state index contributed by atoms with van der Waals surface area (Å²) < 4.78 is 22.6. The van der Waals surface area contributed by atoms with E-state index in [1.54, 1.807) is 14.2 Å². The molecule has 0 spiro atoms. The first-order chi connectivity index (χ1) is 7.91. The zero-order valence-electron chi connectivity index (χ0n) is 11.6. The van der Waals surface area contributed by atoms with E-state index >= 15 is 0 Å². The number of nitrogens with zero attached hydrogens (tertiary/aromatic N) is 1. The van der Waals surface area contributed by atoms with E-state index in [4.69, 9.17) is 17.7 Å². The lowest BCUT2D eigenvalue weighted by molar-refractivity contribution is 0.0409. The fourth-order valence-corrected chi connectivity index (χ4v) is 8.21. The molecule has 0 saturated carbocycles. The maximum absolute atomic E-state index is 6.18. The molecule has 1 heterocycles. The SMILES string of the molecule is CO[Si](C)(C)O[Si](C)(CN1CCOCC1)OC. The molecule has 1 unspecified atom stereocenters. The molecule has 7 heteroatoms. The molecule has 1 aliphatic rings. The summed E-state index contributed by atoms with van der Waals surface area (Å²) in [6.07, 6.45) is 0.882. The molecule has 0 aromatic heterocycles. The van der Waals surface area contributed by atoms with Crippen LogP contribution >= 0.6 is 0 Å². The molecular weight excluding hydrogens is 254 g/mol. The Morgan fingerprint density at radius 3 is 2.12 bits per heavy atom. The van der Waals surface area contributed by atoms with Gasteiger partial charge in [-0.15, -0.1) is 0 Å². The van der Waals surface area contributed by atoms with Crippen molar-refractivity contribution in [2.75, 3.05) is 46.7 Å². The Kier molecular flexibility index (Phi) is 5.77. The summed E-state index contributed by atoms with van der Waals surface area (Å²) in [7, 11) is -0.743. The molecule has 0 bridgehead atoms. The summed E-state index contributed by atoms with van der Waals surface area (Å²) in [5.41, 5.74) is 0. The summed E-state index contributed by atoms with van der Waals surface area (Å²) in [5, 5.41) is 0. The highest BCUT2D eigenvalue weighted by Gasteiger charge is 2.40. The van der Waals surface area contributed by atoms with E-state index in [9.17, 15) is 0 Å². The maximum atomic E-state index is 6.18. The fraction of sp³-hybridized carbons (Fsp3) is 1.00. The van der Waals surface area contributed by atoms with E-state index < -0.39 is 17.1 Å². The Hall–Kier alpha value is 0.234. The molecule has 0 aromatic rings. The van der Waals surface area contributed by atoms with Crippen molar-refractivity contribution >= 4 is 17.1 Å². The van der Waals surface area contributed by atoms with Gasteiger partial charge < -0.3 is 17.7 Å². The van der Waals surface area contributed by atoms with Gasteiger partial charge in [0.25, 0.3) is 0 Å². The Labute approximate surface area is 106 Å². The molecule has 0 amide bonds. The molecule has 1 aliphatic heterocycles. The Bertz CT molecular complexity index is 236. The van der Waals surface area contributed by atoms with Gasteiger partial charge >= 0.3 is 17.1 Å². The van der Waals surface area contributed by atoms with Crippen LogP contribution in [0, 0.1) is 0 Å². The number of morpholine rings is 1. The van der Waals surface area contributed by atoms with Crippen molar-refractivity contribution in [3.63, 3.8) is 0 Å². The van der Waals surface area contributed by atoms with Crippen molar-refractivity contribution in [1.82, 2.24) is 4.90 Å². The first-order valence-electron chi connectivity index (χ1n) is 6.01. The van der Waals surface area contributed by atoms with Crippen LogP contribution in [-0.4, -0.2) is 68.7 Å². The molecule has 1 saturated heterocycles. The molecule has 1 fully saturated rings. The van der Waals surface area contributed by atoms with E-state index in [2.05, 4.69) is 24.5 Å². The van der Waals surface area contributed by atoms with Crippen LogP contribution in [0.1, 0.15) is 0 Å². The van der Waals surface area contributed by atoms with Gasteiger partial charge in [0, 0.05) is 33.5 Å². The first kappa shape index (κ1) is 15.3. The maximum Gasteiger partial charge on any atom is 0.340 e. The van der Waals surface area contributed by atoms with Crippen LogP contribution in [0.15, 0.2) is 0 Å². The summed E-state index contributed by atoms with van der Waals surface area (Å²) in [4.78, 5) is 2.36. The van der Waals surface area contributed by atoms with Crippen molar-refractivity contribution in [3.8, 4) is 0 Å². The largest absolute Gasteiger partial charge is 0.414 e. The minimum Gasteiger partial charge on any atom is -0.414 e. The molecule has 1 rings (SSSR count). The van der Waals surface area contributed by atoms with Crippen molar-refractivity contribution in [3.05, 3.63) is 0 Å². The first-order valence-corrected chi connectivity index (χ1v) is 11.4. The van der Waals surface area contributed by atoms with Crippen LogP contribution in [-0.2, 0) is 17.7 Å². The van der Waals surface area contributed by atoms with Gasteiger partial charge in [0.2, 0.25) is 0 Å². The molecule has 0 aromatic carbocycles. The van der Waals surface area contributed by atoms with Gasteiger partial charge in [-0.2, -0.15) is 0 Å². The topological polar surface area (TPSA) is 40.2 Å². The summed E-state index contributed by atoms with van der Waals surface area (Å²) >= 11 is 0. The van der Waals surface area contributed by atoms with Gasteiger partial charge in [0.1, 0.15) is 0 Å². The molecular formula is C10H25NO4Si2.